The number of nitrogens with zero attached hydrogens (tertiary/aromatic N) is 2. The molecule has 1 amide bonds. The number of rotatable bonds is 7. The maximum atomic E-state index is 14.5. The first-order chi connectivity index (χ1) is 18.5. The van der Waals surface area contributed by atoms with E-state index in [-0.39, 0.29) is 17.3 Å². The van der Waals surface area contributed by atoms with Gasteiger partial charge in [0.2, 0.25) is 15.9 Å². The van der Waals surface area contributed by atoms with Crippen LogP contribution in [0.1, 0.15) is 57.4 Å². The molecule has 0 aromatic heterocycles. The number of aliphatic hydroxyl groups excluding tert-OH is 1. The Balaban J connectivity index is 0.00000205. The summed E-state index contributed by atoms with van der Waals surface area (Å²) in [5.41, 5.74) is 0.171. The van der Waals surface area contributed by atoms with E-state index in [2.05, 4.69) is 6.58 Å². The predicted molar refractivity (Wildman–Crippen MR) is 150 cm³/mol. The summed E-state index contributed by atoms with van der Waals surface area (Å²) in [6, 6.07) is 3.43. The van der Waals surface area contributed by atoms with Gasteiger partial charge < -0.3 is 10.0 Å². The van der Waals surface area contributed by atoms with Crippen molar-refractivity contribution >= 4 is 27.5 Å². The number of halogens is 3. The molecular weight excluding hydrogens is 546 g/mol. The topological polar surface area (TPSA) is 77.9 Å². The molecule has 1 saturated carbocycles. The first kappa shape index (κ1) is 31.5. The molecule has 3 fully saturated rings. The van der Waals surface area contributed by atoms with Crippen LogP contribution in [0.2, 0.25) is 5.02 Å². The molecule has 3 aliphatic rings. The Labute approximate surface area is 236 Å². The third-order valence-corrected chi connectivity index (χ3v) is 10.2. The molecule has 4 rings (SSSR count). The third kappa shape index (κ3) is 6.64. The standard InChI is InChI=1S/C28H36ClFN2O4S.CH3F/c1-4-7-21(17-20(3)30)24-8-5-6-9-26(28(13-14-28)27(34)31-15-12-23(33)18-31)32(24)37(35,36)25-11-10-22(29)16-19(25)2;1-2/h4,7,10-11,16-17,23-24,26,33H,3,5-6,8-9,12-15,18H2,1-2H3;1H3/b7-4-,21-17+;/t23-,24-,26+;/m0./s1. The second kappa shape index (κ2) is 13.1. The molecule has 1 aromatic rings. The average molecular weight is 585 g/mol. The van der Waals surface area contributed by atoms with Gasteiger partial charge in [0.25, 0.3) is 0 Å². The SMILES string of the molecule is C=C(F)/C=C(\C=C/C)[C@@H]1CCCC[C@H](C2(C(=O)N3CC[C@H](O)C3)CC2)N1S(=O)(=O)c1ccc(Cl)cc1C.CF. The van der Waals surface area contributed by atoms with Gasteiger partial charge in [-0.1, -0.05) is 43.2 Å². The highest BCUT2D eigenvalue weighted by Gasteiger charge is 2.62. The minimum absolute atomic E-state index is 0.0887. The minimum atomic E-state index is -4.11. The molecule has 2 saturated heterocycles. The van der Waals surface area contributed by atoms with E-state index >= 15 is 0 Å². The van der Waals surface area contributed by atoms with Crippen LogP contribution in [0.25, 0.3) is 0 Å². The van der Waals surface area contributed by atoms with Gasteiger partial charge in [0.1, 0.15) is 5.83 Å². The molecule has 0 spiro atoms. The zero-order valence-corrected chi connectivity index (χ0v) is 24.4. The van der Waals surface area contributed by atoms with Crippen molar-refractivity contribution in [2.75, 3.05) is 20.3 Å². The monoisotopic (exact) mass is 584 g/mol. The molecule has 39 heavy (non-hydrogen) atoms. The molecule has 1 N–H and O–H groups in total. The Kier molecular flexibility index (Phi) is 10.5. The molecule has 0 radical (unpaired) electrons. The van der Waals surface area contributed by atoms with Crippen LogP contribution in [0.3, 0.4) is 0 Å². The number of likely N-dealkylation sites (tertiary alicyclic amines) is 1. The zero-order valence-electron chi connectivity index (χ0n) is 22.9. The summed E-state index contributed by atoms with van der Waals surface area (Å²) < 4.78 is 54.1. The average Bonchev–Trinajstić information content (AvgIpc) is 3.62. The summed E-state index contributed by atoms with van der Waals surface area (Å²) in [4.78, 5) is 15.7. The number of benzene rings is 1. The van der Waals surface area contributed by atoms with Crippen LogP contribution in [0, 0.1) is 12.3 Å². The molecule has 3 atom stereocenters. The summed E-state index contributed by atoms with van der Waals surface area (Å²) >= 11 is 6.15. The lowest BCUT2D eigenvalue weighted by Gasteiger charge is -2.41. The number of carbonyl (C=O) groups excluding carboxylic acids is 1. The van der Waals surface area contributed by atoms with E-state index < -0.39 is 39.5 Å². The summed E-state index contributed by atoms with van der Waals surface area (Å²) in [5.74, 6) is -0.744. The van der Waals surface area contributed by atoms with E-state index in [1.165, 1.54) is 16.4 Å². The van der Waals surface area contributed by atoms with E-state index in [0.717, 1.165) is 12.8 Å². The number of β-amino-alcohol motifs (C(OH)–C–C–N with tert-alkyl or cyclic N) is 1. The van der Waals surface area contributed by atoms with Crippen LogP contribution in [-0.2, 0) is 14.8 Å². The quantitative estimate of drug-likeness (QED) is 0.405. The van der Waals surface area contributed by atoms with E-state index in [4.69, 9.17) is 11.6 Å². The van der Waals surface area contributed by atoms with Crippen LogP contribution in [-0.4, -0.2) is 67.1 Å². The van der Waals surface area contributed by atoms with Crippen molar-refractivity contribution in [3.8, 4) is 0 Å². The van der Waals surface area contributed by atoms with Crippen LogP contribution >= 0.6 is 11.6 Å². The molecule has 1 aromatic carbocycles. The van der Waals surface area contributed by atoms with Gasteiger partial charge >= 0.3 is 0 Å². The summed E-state index contributed by atoms with van der Waals surface area (Å²) in [6.45, 7) is 7.63. The van der Waals surface area contributed by atoms with Crippen LogP contribution in [0.5, 0.6) is 0 Å². The first-order valence-electron chi connectivity index (χ1n) is 13.3. The second-order valence-electron chi connectivity index (χ2n) is 10.5. The maximum absolute atomic E-state index is 14.5. The highest BCUT2D eigenvalue weighted by atomic mass is 35.5. The molecular formula is C29H39ClF2N2O4S. The lowest BCUT2D eigenvalue weighted by molar-refractivity contribution is -0.138. The zero-order chi connectivity index (χ0) is 29.0. The number of sulfonamides is 1. The highest BCUT2D eigenvalue weighted by Crippen LogP contribution is 2.56. The van der Waals surface area contributed by atoms with Crippen molar-refractivity contribution in [2.45, 2.75) is 81.9 Å². The van der Waals surface area contributed by atoms with Crippen LogP contribution < -0.4 is 0 Å². The molecule has 1 aliphatic carbocycles. The summed E-state index contributed by atoms with van der Waals surface area (Å²) in [7, 11) is -3.61. The molecule has 216 valence electrons. The van der Waals surface area contributed by atoms with Crippen molar-refractivity contribution < 1.29 is 27.1 Å². The largest absolute Gasteiger partial charge is 0.391 e. The van der Waals surface area contributed by atoms with Gasteiger partial charge in [-0.3, -0.25) is 9.18 Å². The number of aryl methyl sites for hydroxylation is 1. The molecule has 0 unspecified atom stereocenters. The summed E-state index contributed by atoms with van der Waals surface area (Å²) in [5, 5.41) is 10.5. The Morgan fingerprint density at radius 2 is 1.87 bits per heavy atom. The van der Waals surface area contributed by atoms with E-state index in [1.807, 2.05) is 0 Å². The lowest BCUT2D eigenvalue weighted by atomic mass is 9.90. The van der Waals surface area contributed by atoms with Crippen molar-refractivity contribution in [3.63, 3.8) is 0 Å². The van der Waals surface area contributed by atoms with Gasteiger partial charge in [-0.25, -0.2) is 12.8 Å². The van der Waals surface area contributed by atoms with E-state index in [1.54, 1.807) is 43.0 Å². The van der Waals surface area contributed by atoms with Crippen molar-refractivity contribution in [3.05, 3.63) is 65.0 Å². The van der Waals surface area contributed by atoms with Crippen molar-refractivity contribution in [1.29, 1.82) is 0 Å². The van der Waals surface area contributed by atoms with Crippen molar-refractivity contribution in [1.82, 2.24) is 9.21 Å². The molecule has 10 heteroatoms. The fourth-order valence-corrected chi connectivity index (χ4v) is 8.39. The normalized spacial score (nSPS) is 25.7. The van der Waals surface area contributed by atoms with Gasteiger partial charge in [0, 0.05) is 24.2 Å². The van der Waals surface area contributed by atoms with Gasteiger partial charge in [0.05, 0.1) is 29.6 Å². The second-order valence-corrected chi connectivity index (χ2v) is 12.7. The number of carbonyl (C=O) groups is 1. The fourth-order valence-electron chi connectivity index (χ4n) is 6.03. The van der Waals surface area contributed by atoms with Gasteiger partial charge in [-0.05, 0) is 81.4 Å². The number of aliphatic hydroxyl groups is 1. The number of hydrogen-bond acceptors (Lipinski definition) is 4. The van der Waals surface area contributed by atoms with E-state index in [9.17, 15) is 27.1 Å². The Morgan fingerprint density at radius 3 is 2.41 bits per heavy atom. The summed E-state index contributed by atoms with van der Waals surface area (Å²) in [6.07, 6.45) is 8.44. The highest BCUT2D eigenvalue weighted by molar-refractivity contribution is 7.89. The molecule has 6 nitrogen and oxygen atoms in total. The number of allylic oxidation sites excluding steroid dienone is 3. The Morgan fingerprint density at radius 1 is 1.21 bits per heavy atom. The van der Waals surface area contributed by atoms with Gasteiger partial charge in [0.15, 0.2) is 0 Å². The van der Waals surface area contributed by atoms with Gasteiger partial charge in [-0.15, -0.1) is 0 Å². The maximum Gasteiger partial charge on any atom is 0.244 e. The molecule has 0 bridgehead atoms. The van der Waals surface area contributed by atoms with E-state index in [0.29, 0.717) is 62.0 Å². The number of hydrogen-bond donors (Lipinski definition) is 1. The fraction of sp³-hybridized carbons (Fsp3) is 0.552. The smallest absolute Gasteiger partial charge is 0.244 e. The lowest BCUT2D eigenvalue weighted by Crippen LogP contribution is -2.54. The third-order valence-electron chi connectivity index (χ3n) is 7.88. The van der Waals surface area contributed by atoms with Crippen LogP contribution in [0.15, 0.2) is 59.3 Å². The predicted octanol–water partition coefficient (Wildman–Crippen LogP) is 5.90. The number of amides is 1. The first-order valence-corrected chi connectivity index (χ1v) is 15.2. The Bertz CT molecular complexity index is 1230. The molecule has 2 aliphatic heterocycles. The van der Waals surface area contributed by atoms with Gasteiger partial charge in [-0.2, -0.15) is 4.31 Å². The Hall–Kier alpha value is -2.07. The molecule has 2 heterocycles. The number of alkyl halides is 1. The van der Waals surface area contributed by atoms with Crippen molar-refractivity contribution in [2.24, 2.45) is 5.41 Å². The van der Waals surface area contributed by atoms with Crippen LogP contribution in [0.4, 0.5) is 8.78 Å². The minimum Gasteiger partial charge on any atom is -0.391 e.